The Morgan fingerprint density at radius 3 is 2.53 bits per heavy atom. The van der Waals surface area contributed by atoms with Gasteiger partial charge in [0.1, 0.15) is 5.75 Å². The molecule has 0 heterocycles. The summed E-state index contributed by atoms with van der Waals surface area (Å²) in [6, 6.07) is 9.42. The van der Waals surface area contributed by atoms with Gasteiger partial charge in [-0.15, -0.1) is 0 Å². The number of carbonyl (C=O) groups is 1. The Bertz CT molecular complexity index is 337. The third-order valence-corrected chi connectivity index (χ3v) is 2.40. The molecule has 1 aromatic rings. The number of aliphatic carboxylic acids is 1. The van der Waals surface area contributed by atoms with Gasteiger partial charge in [-0.2, -0.15) is 0 Å². The van der Waals surface area contributed by atoms with Crippen LogP contribution in [0, 0.1) is 0 Å². The maximum absolute atomic E-state index is 10.4. The Kier molecular flexibility index (Phi) is 5.49. The number of rotatable bonds is 7. The van der Waals surface area contributed by atoms with Gasteiger partial charge < -0.3 is 14.9 Å². The fraction of sp³-hybridized carbons (Fsp3) is 0.462. The second kappa shape index (κ2) is 6.91. The highest BCUT2D eigenvalue weighted by atomic mass is 16.5. The van der Waals surface area contributed by atoms with Gasteiger partial charge in [0, 0.05) is 0 Å². The first kappa shape index (κ1) is 13.5. The summed E-state index contributed by atoms with van der Waals surface area (Å²) < 4.78 is 5.61. The third kappa shape index (κ3) is 5.92. The highest BCUT2D eigenvalue weighted by Gasteiger charge is 2.12. The number of ether oxygens (including phenoxy) is 1. The van der Waals surface area contributed by atoms with E-state index >= 15 is 0 Å². The number of benzene rings is 1. The molecule has 0 bridgehead atoms. The van der Waals surface area contributed by atoms with Crippen molar-refractivity contribution < 1.29 is 19.7 Å². The van der Waals surface area contributed by atoms with Crippen molar-refractivity contribution in [3.05, 3.63) is 30.3 Å². The highest BCUT2D eigenvalue weighted by molar-refractivity contribution is 5.67. The van der Waals surface area contributed by atoms with Crippen molar-refractivity contribution in [2.75, 3.05) is 0 Å². The molecule has 1 rings (SSSR count). The van der Waals surface area contributed by atoms with Crippen LogP contribution < -0.4 is 4.74 Å². The van der Waals surface area contributed by atoms with Gasteiger partial charge in [-0.3, -0.25) is 4.79 Å². The molecule has 0 aliphatic rings. The maximum atomic E-state index is 10.4. The van der Waals surface area contributed by atoms with Gasteiger partial charge in [-0.1, -0.05) is 18.2 Å². The predicted molar refractivity (Wildman–Crippen MR) is 64.0 cm³/mol. The normalized spacial score (nSPS) is 14.0. The van der Waals surface area contributed by atoms with Crippen molar-refractivity contribution in [1.29, 1.82) is 0 Å². The SMILES string of the molecule is CC(CCC(O)CC(=O)O)Oc1ccccc1. The van der Waals surface area contributed by atoms with Crippen LogP contribution in [0.3, 0.4) is 0 Å². The van der Waals surface area contributed by atoms with Gasteiger partial charge in [-0.25, -0.2) is 0 Å². The number of carboxylic acids is 1. The van der Waals surface area contributed by atoms with Gasteiger partial charge in [0.05, 0.1) is 18.6 Å². The first-order valence-corrected chi connectivity index (χ1v) is 5.69. The lowest BCUT2D eigenvalue weighted by atomic mass is 10.1. The molecule has 17 heavy (non-hydrogen) atoms. The smallest absolute Gasteiger partial charge is 0.305 e. The van der Waals surface area contributed by atoms with E-state index in [0.29, 0.717) is 12.8 Å². The molecule has 4 nitrogen and oxygen atoms in total. The van der Waals surface area contributed by atoms with Gasteiger partial charge in [0.25, 0.3) is 0 Å². The largest absolute Gasteiger partial charge is 0.491 e. The highest BCUT2D eigenvalue weighted by Crippen LogP contribution is 2.14. The van der Waals surface area contributed by atoms with Crippen LogP contribution in [-0.2, 0) is 4.79 Å². The number of para-hydroxylation sites is 1. The monoisotopic (exact) mass is 238 g/mol. The van der Waals surface area contributed by atoms with Crippen LogP contribution in [-0.4, -0.2) is 28.4 Å². The van der Waals surface area contributed by atoms with Gasteiger partial charge in [-0.05, 0) is 31.9 Å². The average Bonchev–Trinajstić information content (AvgIpc) is 2.27. The Labute approximate surface area is 101 Å². The number of aliphatic hydroxyl groups is 1. The number of hydrogen-bond acceptors (Lipinski definition) is 3. The lowest BCUT2D eigenvalue weighted by Crippen LogP contribution is -2.18. The zero-order chi connectivity index (χ0) is 12.7. The van der Waals surface area contributed by atoms with Crippen LogP contribution in [0.4, 0.5) is 0 Å². The molecule has 0 radical (unpaired) electrons. The van der Waals surface area contributed by atoms with E-state index in [4.69, 9.17) is 9.84 Å². The van der Waals surface area contributed by atoms with E-state index in [2.05, 4.69) is 0 Å². The second-order valence-electron chi connectivity index (χ2n) is 4.07. The fourth-order valence-electron chi connectivity index (χ4n) is 1.52. The van der Waals surface area contributed by atoms with E-state index in [1.807, 2.05) is 37.3 Å². The van der Waals surface area contributed by atoms with E-state index < -0.39 is 12.1 Å². The molecular weight excluding hydrogens is 220 g/mol. The zero-order valence-electron chi connectivity index (χ0n) is 9.87. The minimum absolute atomic E-state index is 0.0409. The number of hydrogen-bond donors (Lipinski definition) is 2. The first-order chi connectivity index (χ1) is 8.08. The fourth-order valence-corrected chi connectivity index (χ4v) is 1.52. The third-order valence-electron chi connectivity index (χ3n) is 2.40. The van der Waals surface area contributed by atoms with Crippen molar-refractivity contribution in [3.63, 3.8) is 0 Å². The van der Waals surface area contributed by atoms with E-state index in [1.54, 1.807) is 0 Å². The summed E-state index contributed by atoms with van der Waals surface area (Å²) in [5.41, 5.74) is 0. The molecule has 0 saturated heterocycles. The zero-order valence-corrected chi connectivity index (χ0v) is 9.87. The molecule has 0 fully saturated rings. The standard InChI is InChI=1S/C13H18O4/c1-10(7-8-11(14)9-13(15)16)17-12-5-3-2-4-6-12/h2-6,10-11,14H,7-9H2,1H3,(H,15,16). The Hall–Kier alpha value is -1.55. The lowest BCUT2D eigenvalue weighted by Gasteiger charge is -2.16. The van der Waals surface area contributed by atoms with Crippen LogP contribution in [0.2, 0.25) is 0 Å². The number of aliphatic hydroxyl groups excluding tert-OH is 1. The lowest BCUT2D eigenvalue weighted by molar-refractivity contribution is -0.139. The summed E-state index contributed by atoms with van der Waals surface area (Å²) in [5.74, 6) is -0.193. The second-order valence-corrected chi connectivity index (χ2v) is 4.07. The summed E-state index contributed by atoms with van der Waals surface area (Å²) in [7, 11) is 0. The quantitative estimate of drug-likeness (QED) is 0.763. The summed E-state index contributed by atoms with van der Waals surface area (Å²) in [6.07, 6.45) is 0.0111. The van der Waals surface area contributed by atoms with Gasteiger partial charge >= 0.3 is 5.97 Å². The van der Waals surface area contributed by atoms with E-state index in [9.17, 15) is 9.90 Å². The Morgan fingerprint density at radius 1 is 1.29 bits per heavy atom. The Morgan fingerprint density at radius 2 is 1.94 bits per heavy atom. The number of carboxylic acid groups (broad SMARTS) is 1. The van der Waals surface area contributed by atoms with Crippen LogP contribution in [0.1, 0.15) is 26.2 Å². The Balaban J connectivity index is 2.26. The molecule has 2 N–H and O–H groups in total. The van der Waals surface area contributed by atoms with Crippen LogP contribution in [0.15, 0.2) is 30.3 Å². The molecule has 4 heteroatoms. The minimum Gasteiger partial charge on any atom is -0.491 e. The predicted octanol–water partition coefficient (Wildman–Crippen LogP) is 2.07. The molecular formula is C13H18O4. The molecule has 0 spiro atoms. The van der Waals surface area contributed by atoms with E-state index in [1.165, 1.54) is 0 Å². The topological polar surface area (TPSA) is 66.8 Å². The summed E-state index contributed by atoms with van der Waals surface area (Å²) in [5, 5.41) is 17.9. The van der Waals surface area contributed by atoms with Crippen LogP contribution >= 0.6 is 0 Å². The van der Waals surface area contributed by atoms with Crippen molar-refractivity contribution >= 4 is 5.97 Å². The molecule has 0 aromatic heterocycles. The minimum atomic E-state index is -0.978. The van der Waals surface area contributed by atoms with E-state index in [0.717, 1.165) is 5.75 Å². The molecule has 94 valence electrons. The van der Waals surface area contributed by atoms with E-state index in [-0.39, 0.29) is 12.5 Å². The molecule has 1 aromatic carbocycles. The molecule has 0 amide bonds. The summed E-state index contributed by atoms with van der Waals surface area (Å²) in [4.78, 5) is 10.4. The van der Waals surface area contributed by atoms with Gasteiger partial charge in [0.2, 0.25) is 0 Å². The molecule has 2 atom stereocenters. The molecule has 0 saturated carbocycles. The van der Waals surface area contributed by atoms with Gasteiger partial charge in [0.15, 0.2) is 0 Å². The van der Waals surface area contributed by atoms with Crippen molar-refractivity contribution in [3.8, 4) is 5.75 Å². The summed E-state index contributed by atoms with van der Waals surface area (Å²) >= 11 is 0. The van der Waals surface area contributed by atoms with Crippen molar-refractivity contribution in [2.24, 2.45) is 0 Å². The van der Waals surface area contributed by atoms with Crippen molar-refractivity contribution in [1.82, 2.24) is 0 Å². The first-order valence-electron chi connectivity index (χ1n) is 5.69. The average molecular weight is 238 g/mol. The maximum Gasteiger partial charge on any atom is 0.305 e. The molecule has 0 aliphatic heterocycles. The molecule has 0 aliphatic carbocycles. The van der Waals surface area contributed by atoms with Crippen molar-refractivity contribution in [2.45, 2.75) is 38.4 Å². The summed E-state index contributed by atoms with van der Waals surface area (Å²) in [6.45, 7) is 1.90. The van der Waals surface area contributed by atoms with Crippen LogP contribution in [0.5, 0.6) is 5.75 Å². The van der Waals surface area contributed by atoms with Crippen LogP contribution in [0.25, 0.3) is 0 Å². The molecule has 2 unspecified atom stereocenters.